The van der Waals surface area contributed by atoms with Crippen molar-refractivity contribution >= 4 is 28.6 Å². The lowest BCUT2D eigenvalue weighted by atomic mass is 10.1. The standard InChI is InChI=1S/C24H25N3O3/c1-17(23(28)25-16-18-9-3-2-4-10-18)30-24(29)20-15-19-11-5-6-12-21(19)26-22(20)27-13-7-8-14-27/h2-6,9-12,15,17H,7-8,13-14,16H2,1H3,(H,25,28). The van der Waals surface area contributed by atoms with Gasteiger partial charge in [-0.1, -0.05) is 48.5 Å². The van der Waals surface area contributed by atoms with Crippen LogP contribution in [0.15, 0.2) is 60.7 Å². The normalized spacial score (nSPS) is 14.5. The van der Waals surface area contributed by atoms with Crippen molar-refractivity contribution in [1.29, 1.82) is 0 Å². The average molecular weight is 403 g/mol. The second-order valence-electron chi connectivity index (χ2n) is 7.50. The number of benzene rings is 2. The molecule has 6 nitrogen and oxygen atoms in total. The third kappa shape index (κ3) is 4.43. The molecule has 6 heteroatoms. The van der Waals surface area contributed by atoms with Crippen LogP contribution in [0.1, 0.15) is 35.7 Å². The first-order chi connectivity index (χ1) is 14.6. The number of carbonyl (C=O) groups excluding carboxylic acids is 2. The quantitative estimate of drug-likeness (QED) is 0.636. The largest absolute Gasteiger partial charge is 0.449 e. The Morgan fingerprint density at radius 1 is 1.07 bits per heavy atom. The fourth-order valence-corrected chi connectivity index (χ4v) is 3.63. The van der Waals surface area contributed by atoms with Gasteiger partial charge >= 0.3 is 5.97 Å². The summed E-state index contributed by atoms with van der Waals surface area (Å²) in [5.74, 6) is -0.228. The molecule has 2 aromatic carbocycles. The van der Waals surface area contributed by atoms with Crippen LogP contribution in [-0.2, 0) is 16.1 Å². The number of carbonyl (C=O) groups is 2. The number of amides is 1. The van der Waals surface area contributed by atoms with Crippen LogP contribution in [0, 0.1) is 0 Å². The van der Waals surface area contributed by atoms with Crippen LogP contribution in [0.5, 0.6) is 0 Å². The fraction of sp³-hybridized carbons (Fsp3) is 0.292. The molecule has 1 fully saturated rings. The maximum Gasteiger partial charge on any atom is 0.342 e. The molecule has 0 radical (unpaired) electrons. The summed E-state index contributed by atoms with van der Waals surface area (Å²) in [6.07, 6.45) is 1.24. The van der Waals surface area contributed by atoms with Crippen LogP contribution >= 0.6 is 0 Å². The van der Waals surface area contributed by atoms with Gasteiger partial charge in [0.05, 0.1) is 5.52 Å². The first-order valence-electron chi connectivity index (χ1n) is 10.3. The van der Waals surface area contributed by atoms with Gasteiger partial charge in [0.25, 0.3) is 5.91 Å². The number of aromatic nitrogens is 1. The predicted molar refractivity (Wildman–Crippen MR) is 116 cm³/mol. The lowest BCUT2D eigenvalue weighted by Crippen LogP contribution is -2.35. The molecule has 1 amide bonds. The predicted octanol–water partition coefficient (Wildman–Crippen LogP) is 3.70. The Kier molecular flexibility index (Phi) is 5.93. The highest BCUT2D eigenvalue weighted by Gasteiger charge is 2.25. The minimum atomic E-state index is -0.904. The van der Waals surface area contributed by atoms with Gasteiger partial charge in [-0.2, -0.15) is 0 Å². The Hall–Kier alpha value is -3.41. The maximum atomic E-state index is 13.0. The number of rotatable bonds is 6. The molecule has 2 heterocycles. The number of hydrogen-bond donors (Lipinski definition) is 1. The molecular weight excluding hydrogens is 378 g/mol. The fourth-order valence-electron chi connectivity index (χ4n) is 3.63. The molecule has 0 aliphatic carbocycles. The molecule has 1 aromatic heterocycles. The lowest BCUT2D eigenvalue weighted by Gasteiger charge is -2.21. The average Bonchev–Trinajstić information content (AvgIpc) is 3.32. The zero-order chi connectivity index (χ0) is 20.9. The van der Waals surface area contributed by atoms with Crippen LogP contribution < -0.4 is 10.2 Å². The smallest absolute Gasteiger partial charge is 0.342 e. The molecule has 154 valence electrons. The van der Waals surface area contributed by atoms with Crippen molar-refractivity contribution in [2.24, 2.45) is 0 Å². The van der Waals surface area contributed by atoms with Gasteiger partial charge in [-0.15, -0.1) is 0 Å². The van der Waals surface area contributed by atoms with Crippen LogP contribution in [0.3, 0.4) is 0 Å². The van der Waals surface area contributed by atoms with E-state index in [-0.39, 0.29) is 5.91 Å². The summed E-state index contributed by atoms with van der Waals surface area (Å²) in [5, 5.41) is 3.68. The summed E-state index contributed by atoms with van der Waals surface area (Å²) in [4.78, 5) is 32.3. The number of para-hydroxylation sites is 1. The molecule has 1 N–H and O–H groups in total. The van der Waals surface area contributed by atoms with Crippen molar-refractivity contribution in [3.63, 3.8) is 0 Å². The molecule has 30 heavy (non-hydrogen) atoms. The molecule has 0 saturated carbocycles. The van der Waals surface area contributed by atoms with Crippen molar-refractivity contribution < 1.29 is 14.3 Å². The highest BCUT2D eigenvalue weighted by molar-refractivity contribution is 6.00. The van der Waals surface area contributed by atoms with Crippen LogP contribution in [0.4, 0.5) is 5.82 Å². The van der Waals surface area contributed by atoms with Crippen LogP contribution in [0.2, 0.25) is 0 Å². The Labute approximate surface area is 175 Å². The number of pyridine rings is 1. The topological polar surface area (TPSA) is 71.5 Å². The van der Waals surface area contributed by atoms with E-state index in [0.29, 0.717) is 17.9 Å². The number of ether oxygens (including phenoxy) is 1. The second-order valence-corrected chi connectivity index (χ2v) is 7.50. The van der Waals surface area contributed by atoms with Crippen molar-refractivity contribution in [2.75, 3.05) is 18.0 Å². The number of nitrogens with one attached hydrogen (secondary N) is 1. The van der Waals surface area contributed by atoms with Crippen molar-refractivity contribution in [3.05, 3.63) is 71.8 Å². The summed E-state index contributed by atoms with van der Waals surface area (Å²) < 4.78 is 5.52. The molecular formula is C24H25N3O3. The van der Waals surface area contributed by atoms with Gasteiger partial charge in [-0.3, -0.25) is 4.79 Å². The first kappa shape index (κ1) is 19.9. The maximum absolute atomic E-state index is 13.0. The molecule has 0 bridgehead atoms. The van der Waals surface area contributed by atoms with E-state index in [4.69, 9.17) is 9.72 Å². The number of fused-ring (bicyclic) bond motifs is 1. The lowest BCUT2D eigenvalue weighted by molar-refractivity contribution is -0.129. The molecule has 0 spiro atoms. The number of hydrogen-bond acceptors (Lipinski definition) is 5. The molecule has 3 aromatic rings. The Balaban J connectivity index is 1.50. The van der Waals surface area contributed by atoms with Crippen molar-refractivity contribution in [2.45, 2.75) is 32.4 Å². The van der Waals surface area contributed by atoms with E-state index in [2.05, 4.69) is 10.2 Å². The van der Waals surface area contributed by atoms with Gasteiger partial charge in [-0.25, -0.2) is 9.78 Å². The Bertz CT molecular complexity index is 1050. The minimum absolute atomic E-state index is 0.330. The van der Waals surface area contributed by atoms with Crippen LogP contribution in [-0.4, -0.2) is 36.1 Å². The molecule has 4 rings (SSSR count). The summed E-state index contributed by atoms with van der Waals surface area (Å²) in [6, 6.07) is 19.1. The molecule has 1 aliphatic heterocycles. The van der Waals surface area contributed by atoms with Crippen LogP contribution in [0.25, 0.3) is 10.9 Å². The summed E-state index contributed by atoms with van der Waals surface area (Å²) in [7, 11) is 0. The number of anilines is 1. The third-order valence-corrected chi connectivity index (χ3v) is 5.29. The summed E-state index contributed by atoms with van der Waals surface area (Å²) in [5.41, 5.74) is 2.22. The minimum Gasteiger partial charge on any atom is -0.449 e. The highest BCUT2D eigenvalue weighted by Crippen LogP contribution is 2.27. The first-order valence-corrected chi connectivity index (χ1v) is 10.3. The van der Waals surface area contributed by atoms with Crippen molar-refractivity contribution in [3.8, 4) is 0 Å². The van der Waals surface area contributed by atoms with Gasteiger partial charge in [0.2, 0.25) is 0 Å². The monoisotopic (exact) mass is 403 g/mol. The second kappa shape index (κ2) is 8.95. The zero-order valence-corrected chi connectivity index (χ0v) is 17.0. The van der Waals surface area contributed by atoms with E-state index in [1.54, 1.807) is 6.92 Å². The third-order valence-electron chi connectivity index (χ3n) is 5.29. The SMILES string of the molecule is CC(OC(=O)c1cc2ccccc2nc1N1CCCC1)C(=O)NCc1ccccc1. The van der Waals surface area contributed by atoms with E-state index >= 15 is 0 Å². The Morgan fingerprint density at radius 2 is 1.77 bits per heavy atom. The van der Waals surface area contributed by atoms with E-state index in [1.807, 2.05) is 60.7 Å². The molecule has 1 atom stereocenters. The van der Waals surface area contributed by atoms with Crippen molar-refractivity contribution in [1.82, 2.24) is 10.3 Å². The molecule has 1 unspecified atom stereocenters. The zero-order valence-electron chi connectivity index (χ0n) is 17.0. The Morgan fingerprint density at radius 3 is 2.53 bits per heavy atom. The van der Waals surface area contributed by atoms with E-state index in [9.17, 15) is 9.59 Å². The van der Waals surface area contributed by atoms with Gasteiger partial charge < -0.3 is 15.0 Å². The summed E-state index contributed by atoms with van der Waals surface area (Å²) in [6.45, 7) is 3.69. The van der Waals surface area contributed by atoms with E-state index < -0.39 is 12.1 Å². The summed E-state index contributed by atoms with van der Waals surface area (Å²) >= 11 is 0. The van der Waals surface area contributed by atoms with Gasteiger partial charge in [0.1, 0.15) is 11.4 Å². The van der Waals surface area contributed by atoms with Gasteiger partial charge in [-0.05, 0) is 37.5 Å². The number of nitrogens with zero attached hydrogens (tertiary/aromatic N) is 2. The highest BCUT2D eigenvalue weighted by atomic mass is 16.5. The molecule has 1 aliphatic rings. The van der Waals surface area contributed by atoms with Gasteiger partial charge in [0, 0.05) is 25.0 Å². The number of esters is 1. The van der Waals surface area contributed by atoms with E-state index in [0.717, 1.165) is 42.4 Å². The van der Waals surface area contributed by atoms with E-state index in [1.165, 1.54) is 0 Å². The van der Waals surface area contributed by atoms with Gasteiger partial charge in [0.15, 0.2) is 6.10 Å². The molecule has 1 saturated heterocycles.